The van der Waals surface area contributed by atoms with E-state index in [1.807, 2.05) is 6.07 Å². The van der Waals surface area contributed by atoms with Gasteiger partial charge in [-0.25, -0.2) is 4.98 Å². The standard InChI is InChI=1S/C17H19N3O5/c21-10-13-1-2-16(20(22)23)15(7-13)19-9-12-3-5-18-17(8-12)25-14-4-6-24-11-14/h1-3,5,7-8,14,19,21H,4,6,9-11H2. The number of ether oxygens (including phenoxy) is 2. The van der Waals surface area contributed by atoms with Crippen LogP contribution in [0.1, 0.15) is 17.5 Å². The number of aliphatic hydroxyl groups is 1. The fourth-order valence-electron chi connectivity index (χ4n) is 2.58. The molecule has 0 saturated carbocycles. The molecule has 2 aromatic rings. The molecule has 0 spiro atoms. The van der Waals surface area contributed by atoms with Gasteiger partial charge in [-0.1, -0.05) is 0 Å². The molecule has 1 aromatic heterocycles. The molecule has 0 bridgehead atoms. The molecule has 132 valence electrons. The second kappa shape index (κ2) is 7.91. The molecule has 1 fully saturated rings. The summed E-state index contributed by atoms with van der Waals surface area (Å²) in [5, 5.41) is 23.4. The van der Waals surface area contributed by atoms with E-state index in [4.69, 9.17) is 9.47 Å². The minimum atomic E-state index is -0.454. The van der Waals surface area contributed by atoms with Gasteiger partial charge in [0.1, 0.15) is 11.8 Å². The van der Waals surface area contributed by atoms with E-state index in [1.165, 1.54) is 12.1 Å². The van der Waals surface area contributed by atoms with Crippen LogP contribution in [0.5, 0.6) is 5.88 Å². The maximum Gasteiger partial charge on any atom is 0.292 e. The molecular formula is C17H19N3O5. The number of anilines is 1. The molecule has 1 aliphatic rings. The van der Waals surface area contributed by atoms with Crippen LogP contribution in [0.3, 0.4) is 0 Å². The van der Waals surface area contributed by atoms with Gasteiger partial charge >= 0.3 is 0 Å². The fourth-order valence-corrected chi connectivity index (χ4v) is 2.58. The summed E-state index contributed by atoms with van der Waals surface area (Å²) >= 11 is 0. The summed E-state index contributed by atoms with van der Waals surface area (Å²) in [4.78, 5) is 14.9. The molecule has 0 radical (unpaired) electrons. The number of pyridine rings is 1. The van der Waals surface area contributed by atoms with Crippen molar-refractivity contribution >= 4 is 11.4 Å². The van der Waals surface area contributed by atoms with E-state index >= 15 is 0 Å². The van der Waals surface area contributed by atoms with Gasteiger partial charge < -0.3 is 19.9 Å². The molecule has 8 nitrogen and oxygen atoms in total. The number of aromatic nitrogens is 1. The van der Waals surface area contributed by atoms with Crippen molar-refractivity contribution in [1.82, 2.24) is 4.98 Å². The third-order valence-corrected chi connectivity index (χ3v) is 3.90. The molecule has 1 aromatic carbocycles. The van der Waals surface area contributed by atoms with Crippen molar-refractivity contribution in [3.63, 3.8) is 0 Å². The number of aliphatic hydroxyl groups excluding tert-OH is 1. The average Bonchev–Trinajstić information content (AvgIpc) is 3.13. The molecular weight excluding hydrogens is 326 g/mol. The Balaban J connectivity index is 1.69. The van der Waals surface area contributed by atoms with E-state index in [2.05, 4.69) is 10.3 Å². The zero-order valence-corrected chi connectivity index (χ0v) is 13.6. The van der Waals surface area contributed by atoms with Crippen LogP contribution in [0.15, 0.2) is 36.5 Å². The lowest BCUT2D eigenvalue weighted by Crippen LogP contribution is -2.16. The van der Waals surface area contributed by atoms with Gasteiger partial charge in [-0.3, -0.25) is 10.1 Å². The Morgan fingerprint density at radius 2 is 2.24 bits per heavy atom. The lowest BCUT2D eigenvalue weighted by molar-refractivity contribution is -0.384. The molecule has 25 heavy (non-hydrogen) atoms. The zero-order chi connectivity index (χ0) is 17.6. The topological polar surface area (TPSA) is 107 Å². The van der Waals surface area contributed by atoms with Crippen molar-refractivity contribution in [3.8, 4) is 5.88 Å². The highest BCUT2D eigenvalue weighted by Gasteiger charge is 2.18. The zero-order valence-electron chi connectivity index (χ0n) is 13.6. The maximum atomic E-state index is 11.1. The maximum absolute atomic E-state index is 11.1. The van der Waals surface area contributed by atoms with Gasteiger partial charge in [0.2, 0.25) is 5.88 Å². The quantitative estimate of drug-likeness (QED) is 0.585. The number of rotatable bonds is 7. The van der Waals surface area contributed by atoms with Crippen LogP contribution in [-0.4, -0.2) is 34.3 Å². The van der Waals surface area contributed by atoms with Crippen molar-refractivity contribution in [2.75, 3.05) is 18.5 Å². The first-order valence-corrected chi connectivity index (χ1v) is 7.97. The summed E-state index contributed by atoms with van der Waals surface area (Å²) in [6, 6.07) is 8.10. The van der Waals surface area contributed by atoms with Crippen LogP contribution < -0.4 is 10.1 Å². The van der Waals surface area contributed by atoms with E-state index in [1.54, 1.807) is 18.3 Å². The summed E-state index contributed by atoms with van der Waals surface area (Å²) < 4.78 is 11.0. The van der Waals surface area contributed by atoms with Crippen molar-refractivity contribution in [2.24, 2.45) is 0 Å². The monoisotopic (exact) mass is 345 g/mol. The molecule has 8 heteroatoms. The lowest BCUT2D eigenvalue weighted by Gasteiger charge is -2.12. The highest BCUT2D eigenvalue weighted by molar-refractivity contribution is 5.62. The normalized spacial score (nSPS) is 16.6. The van der Waals surface area contributed by atoms with Crippen LogP contribution in [0, 0.1) is 10.1 Å². The Morgan fingerprint density at radius 3 is 2.96 bits per heavy atom. The Labute approximate surface area is 144 Å². The van der Waals surface area contributed by atoms with E-state index in [9.17, 15) is 15.2 Å². The third-order valence-electron chi connectivity index (χ3n) is 3.90. The first-order chi connectivity index (χ1) is 12.2. The first kappa shape index (κ1) is 17.1. The minimum Gasteiger partial charge on any atom is -0.472 e. The Morgan fingerprint density at radius 1 is 1.36 bits per heavy atom. The molecule has 1 saturated heterocycles. The van der Waals surface area contributed by atoms with Crippen molar-refractivity contribution in [2.45, 2.75) is 25.7 Å². The van der Waals surface area contributed by atoms with Gasteiger partial charge in [-0.05, 0) is 29.3 Å². The van der Waals surface area contributed by atoms with Gasteiger partial charge in [0, 0.05) is 31.3 Å². The minimum absolute atomic E-state index is 0.0121. The van der Waals surface area contributed by atoms with Crippen LogP contribution in [0.2, 0.25) is 0 Å². The van der Waals surface area contributed by atoms with Crippen molar-refractivity contribution in [3.05, 3.63) is 57.8 Å². The van der Waals surface area contributed by atoms with Gasteiger partial charge in [0.15, 0.2) is 0 Å². The van der Waals surface area contributed by atoms with Crippen LogP contribution in [0.4, 0.5) is 11.4 Å². The number of nitrogens with zero attached hydrogens (tertiary/aromatic N) is 2. The lowest BCUT2D eigenvalue weighted by atomic mass is 10.1. The van der Waals surface area contributed by atoms with Crippen molar-refractivity contribution < 1.29 is 19.5 Å². The van der Waals surface area contributed by atoms with Gasteiger partial charge in [0.05, 0.1) is 24.7 Å². The first-order valence-electron chi connectivity index (χ1n) is 7.97. The van der Waals surface area contributed by atoms with E-state index < -0.39 is 4.92 Å². The predicted octanol–water partition coefficient (Wildman–Crippen LogP) is 2.26. The fraction of sp³-hybridized carbons (Fsp3) is 0.353. The smallest absolute Gasteiger partial charge is 0.292 e. The van der Waals surface area contributed by atoms with Crippen LogP contribution >= 0.6 is 0 Å². The molecule has 0 aliphatic carbocycles. The number of nitrogens with one attached hydrogen (secondary N) is 1. The second-order valence-electron chi connectivity index (χ2n) is 5.73. The second-order valence-corrected chi connectivity index (χ2v) is 5.73. The van der Waals surface area contributed by atoms with E-state index in [0.29, 0.717) is 36.9 Å². The number of hydrogen-bond donors (Lipinski definition) is 2. The van der Waals surface area contributed by atoms with Crippen LogP contribution in [0.25, 0.3) is 0 Å². The molecule has 3 rings (SSSR count). The molecule has 1 aliphatic heterocycles. The highest BCUT2D eigenvalue weighted by Crippen LogP contribution is 2.26. The largest absolute Gasteiger partial charge is 0.472 e. The summed E-state index contributed by atoms with van der Waals surface area (Å²) in [5.74, 6) is 0.508. The average molecular weight is 345 g/mol. The number of nitro groups is 1. The van der Waals surface area contributed by atoms with Gasteiger partial charge in [-0.15, -0.1) is 0 Å². The van der Waals surface area contributed by atoms with Crippen LogP contribution in [-0.2, 0) is 17.9 Å². The Hall–Kier alpha value is -2.71. The SMILES string of the molecule is O=[N+]([O-])c1ccc(CO)cc1NCc1ccnc(OC2CCOC2)c1. The number of nitro benzene ring substituents is 1. The molecule has 0 amide bonds. The number of benzene rings is 1. The summed E-state index contributed by atoms with van der Waals surface area (Å²) in [7, 11) is 0. The van der Waals surface area contributed by atoms with E-state index in [-0.39, 0.29) is 18.4 Å². The molecule has 2 heterocycles. The van der Waals surface area contributed by atoms with Gasteiger partial charge in [-0.2, -0.15) is 0 Å². The van der Waals surface area contributed by atoms with E-state index in [0.717, 1.165) is 12.0 Å². The Kier molecular flexibility index (Phi) is 5.42. The van der Waals surface area contributed by atoms with Crippen molar-refractivity contribution in [1.29, 1.82) is 0 Å². The molecule has 1 unspecified atom stereocenters. The summed E-state index contributed by atoms with van der Waals surface area (Å²) in [5.41, 5.74) is 1.81. The highest BCUT2D eigenvalue weighted by atomic mass is 16.6. The Bertz CT molecular complexity index is 747. The third kappa shape index (κ3) is 4.43. The van der Waals surface area contributed by atoms with Gasteiger partial charge in [0.25, 0.3) is 5.69 Å². The number of hydrogen-bond acceptors (Lipinski definition) is 7. The molecule has 2 N–H and O–H groups in total. The summed E-state index contributed by atoms with van der Waals surface area (Å²) in [6.45, 7) is 1.44. The summed E-state index contributed by atoms with van der Waals surface area (Å²) in [6.07, 6.45) is 2.49. The molecule has 1 atom stereocenters. The predicted molar refractivity (Wildman–Crippen MR) is 90.4 cm³/mol.